The number of benzene rings is 6. The minimum Gasteiger partial charge on any atom is -0.744 e. The predicted octanol–water partition coefficient (Wildman–Crippen LogP) is -5.75. The fourth-order valence-electron chi connectivity index (χ4n) is 7.17. The van der Waals surface area contributed by atoms with Gasteiger partial charge in [-0.05, 0) is 108 Å². The minimum atomic E-state index is -5.45. The third-order valence-corrected chi connectivity index (χ3v) is 14.0. The second-order valence-electron chi connectivity index (χ2n) is 15.6. The van der Waals surface area contributed by atoms with Crippen molar-refractivity contribution in [1.29, 1.82) is 0 Å². The molecule has 8 N–H and O–H groups in total. The molecule has 80 heavy (non-hydrogen) atoms. The van der Waals surface area contributed by atoms with Gasteiger partial charge in [0, 0.05) is 11.4 Å². The molecule has 0 radical (unpaired) electrons. The fraction of sp³-hybridized carbons (Fsp3) is 0. The van der Waals surface area contributed by atoms with Gasteiger partial charge in [-0.1, -0.05) is 36.4 Å². The number of hydrazone groups is 2. The van der Waals surface area contributed by atoms with Crippen molar-refractivity contribution in [2.75, 3.05) is 33.0 Å². The number of hydrogen-bond acceptors (Lipinski definition) is 25. The van der Waals surface area contributed by atoms with E-state index in [4.69, 9.17) is 11.5 Å². The quantitative estimate of drug-likeness (QED) is 0.0195. The van der Waals surface area contributed by atoms with Crippen molar-refractivity contribution in [2.45, 2.75) is 9.79 Å². The van der Waals surface area contributed by atoms with Crippen LogP contribution in [-0.4, -0.2) is 80.9 Å². The molecule has 0 atom stereocenters. The van der Waals surface area contributed by atoms with E-state index in [9.17, 15) is 66.3 Å². The van der Waals surface area contributed by atoms with Gasteiger partial charge >= 0.3 is 124 Å². The number of nitrogen functional groups attached to an aromatic ring is 2. The molecule has 0 saturated carbocycles. The maximum atomic E-state index is 13.7. The molecule has 6 aromatic carbocycles. The summed E-state index contributed by atoms with van der Waals surface area (Å²) in [4.78, 5) is 35.8. The van der Waals surface area contributed by atoms with Crippen LogP contribution in [0.5, 0.6) is 0 Å². The van der Waals surface area contributed by atoms with E-state index in [1.54, 1.807) is 36.4 Å². The Labute approximate surface area is 543 Å². The number of carbonyl (C=O) groups is 3. The summed E-state index contributed by atoms with van der Waals surface area (Å²) in [6.45, 7) is 0. The number of anilines is 6. The van der Waals surface area contributed by atoms with Crippen LogP contribution >= 0.6 is 0 Å². The van der Waals surface area contributed by atoms with E-state index in [0.29, 0.717) is 35.7 Å². The molecule has 0 aromatic heterocycles. The number of carbonyl (C=O) groups excluding carboxylic acids is 3. The van der Waals surface area contributed by atoms with Crippen molar-refractivity contribution in [2.24, 2.45) is 30.7 Å². The summed E-state index contributed by atoms with van der Waals surface area (Å²) in [5.74, 6) is -2.45. The number of Topliss-reactive ketones (excluding diaryl/α,β-unsaturated/α-hetero) is 2. The second-order valence-corrected chi connectivity index (χ2v) is 21.0. The van der Waals surface area contributed by atoms with Gasteiger partial charge in [0.2, 0.25) is 11.6 Å². The number of nitrogens with zero attached hydrogens (tertiary/aromatic N) is 6. The van der Waals surface area contributed by atoms with Crippen LogP contribution in [0.4, 0.5) is 61.7 Å². The van der Waals surface area contributed by atoms with E-state index >= 15 is 0 Å². The Morgan fingerprint density at radius 2 is 0.762 bits per heavy atom. The van der Waals surface area contributed by atoms with Crippen LogP contribution in [0.25, 0.3) is 12.2 Å². The van der Waals surface area contributed by atoms with Crippen molar-refractivity contribution >= 4 is 139 Å². The molecule has 2 aliphatic rings. The summed E-state index contributed by atoms with van der Waals surface area (Å²) in [7, 11) is -21.7. The molecule has 388 valence electrons. The number of ketones is 2. The molecule has 0 fully saturated rings. The van der Waals surface area contributed by atoms with Gasteiger partial charge in [0.1, 0.15) is 63.3 Å². The van der Waals surface area contributed by atoms with Crippen molar-refractivity contribution in [1.82, 2.24) is 0 Å². The molecule has 35 heteroatoms. The summed E-state index contributed by atoms with van der Waals surface area (Å²) in [6, 6.07) is 26.8. The fourth-order valence-corrected chi connectivity index (χ4v) is 9.78. The van der Waals surface area contributed by atoms with Crippen molar-refractivity contribution in [3.05, 3.63) is 153 Å². The second kappa shape index (κ2) is 27.2. The number of hydrogen-bond donors (Lipinski definition) is 6. The average molecular weight is 1200 g/mol. The number of allylic oxidation sites excluding steroid dienone is 2. The third-order valence-electron chi connectivity index (χ3n) is 10.6. The molecule has 0 aliphatic heterocycles. The number of azo groups is 2. The van der Waals surface area contributed by atoms with Crippen LogP contribution in [0.1, 0.15) is 31.8 Å². The third kappa shape index (κ3) is 15.7. The molecule has 2 amide bonds. The van der Waals surface area contributed by atoms with E-state index in [2.05, 4.69) is 52.1 Å². The maximum Gasteiger partial charge on any atom is 1.00 e. The summed E-state index contributed by atoms with van der Waals surface area (Å²) < 4.78 is 148. The molecule has 6 aromatic rings. The maximum absolute atomic E-state index is 13.7. The number of para-hydroxylation sites is 2. The zero-order chi connectivity index (χ0) is 54.9. The van der Waals surface area contributed by atoms with E-state index in [0.717, 1.165) is 0 Å². The largest absolute Gasteiger partial charge is 1.00 e. The van der Waals surface area contributed by atoms with Crippen LogP contribution in [0.3, 0.4) is 0 Å². The Kier molecular flexibility index (Phi) is 22.9. The molecule has 0 spiro atoms. The summed E-state index contributed by atoms with van der Waals surface area (Å²) in [5.41, 5.74) is 11.4. The molecular formula is C45H30N12Na4O15S4. The van der Waals surface area contributed by atoms with Crippen LogP contribution in [0, 0.1) is 0 Å². The first-order chi connectivity index (χ1) is 35.8. The summed E-state index contributed by atoms with van der Waals surface area (Å²) >= 11 is 0. The first kappa shape index (κ1) is 67.3. The van der Waals surface area contributed by atoms with Gasteiger partial charge in [0.15, 0.2) is 0 Å². The van der Waals surface area contributed by atoms with Gasteiger partial charge in [-0.15, -0.1) is 10.2 Å². The standard InChI is InChI=1S/C45H34N12O15S4.4Na/c46-37-35-23(21-33(75(67,68)69)41(43(35)58)56-50-27-7-3-1-4-8-27)19-31(73(61,62)63)39(37)54-52-29-15-11-25(12-16-29)48-45(60)49-26-13-17-30(18-14-26)53-55-40-32(74(64,65)66)20-24-22-34(76(70,71)72)42(44(59)36(24)38(40)47)57-51-28-9-5-2-6-10-28;;;;/h1-22,50-51H,46-47H2,(H2,48,49,60)(H,61,62,63)(H,64,65,66)(H,67,68,69)(H,70,71,72);;;;/q;4*+1/p-4/b54-52?,55-53?,56-41-,57-42-;;;;. The average Bonchev–Trinajstić information content (AvgIpc) is 3.35. The Morgan fingerprint density at radius 1 is 0.438 bits per heavy atom. The van der Waals surface area contributed by atoms with E-state index in [-0.39, 0.29) is 141 Å². The Hall–Kier alpha value is -5.21. The molecule has 27 nitrogen and oxygen atoms in total. The number of nitrogens with two attached hydrogens (primary N) is 2. The SMILES string of the molecule is Nc1c(N=Nc2ccc(NC(=O)Nc3ccc(N=Nc4c(S(=O)(=O)[O-])cc5c(c4N)C(=O)/C(=N\Nc4ccccc4)C(S(=O)(=O)[O-])=C5)cc3)cc2)c(S(=O)(=O)[O-])cc2c1C(=O)/C(=N\Nc1ccccc1)C(S(=O)(=O)[O-])=C2.[Na+].[Na+].[Na+].[Na+]. The van der Waals surface area contributed by atoms with Crippen LogP contribution in [0.2, 0.25) is 0 Å². The van der Waals surface area contributed by atoms with Gasteiger partial charge in [-0.25, -0.2) is 38.5 Å². The number of fused-ring (bicyclic) bond motifs is 2. The van der Waals surface area contributed by atoms with Crippen molar-refractivity contribution in [3.63, 3.8) is 0 Å². The van der Waals surface area contributed by atoms with Crippen LogP contribution < -0.4 is 151 Å². The number of rotatable bonds is 14. The van der Waals surface area contributed by atoms with E-state index < -0.39 is 134 Å². The van der Waals surface area contributed by atoms with E-state index in [1.807, 2.05) is 0 Å². The van der Waals surface area contributed by atoms with Crippen LogP contribution in [0.15, 0.2) is 172 Å². The van der Waals surface area contributed by atoms with E-state index in [1.165, 1.54) is 72.8 Å². The van der Waals surface area contributed by atoms with Crippen LogP contribution in [-0.2, 0) is 40.5 Å². The van der Waals surface area contributed by atoms with Crippen molar-refractivity contribution in [3.8, 4) is 0 Å². The van der Waals surface area contributed by atoms with Gasteiger partial charge in [0.05, 0.1) is 64.9 Å². The monoisotopic (exact) mass is 1200 g/mol. The zero-order valence-electron chi connectivity index (χ0n) is 41.8. The molecular weight excluding hydrogens is 1170 g/mol. The van der Waals surface area contributed by atoms with Gasteiger partial charge < -0.3 is 40.3 Å². The Morgan fingerprint density at radius 3 is 1.06 bits per heavy atom. The van der Waals surface area contributed by atoms with Gasteiger partial charge in [-0.3, -0.25) is 20.4 Å². The smallest absolute Gasteiger partial charge is 0.744 e. The first-order valence-electron chi connectivity index (χ1n) is 21.0. The Bertz CT molecular complexity index is 3860. The van der Waals surface area contributed by atoms with Gasteiger partial charge in [0.25, 0.3) is 0 Å². The Balaban J connectivity index is 0.00000344. The molecule has 0 bridgehead atoms. The number of nitrogens with one attached hydrogen (secondary N) is 4. The number of amides is 2. The first-order valence-corrected chi connectivity index (χ1v) is 26.6. The molecule has 2 aliphatic carbocycles. The summed E-state index contributed by atoms with van der Waals surface area (Å²) in [5, 5.41) is 28.2. The number of urea groups is 1. The van der Waals surface area contributed by atoms with Crippen molar-refractivity contribution < 1.29 is 184 Å². The zero-order valence-corrected chi connectivity index (χ0v) is 53.1. The van der Waals surface area contributed by atoms with Gasteiger partial charge in [-0.2, -0.15) is 20.4 Å². The molecule has 0 unspecified atom stereocenters. The topological polar surface area (TPSA) is 454 Å². The summed E-state index contributed by atoms with van der Waals surface area (Å²) in [6.07, 6.45) is 1.30. The minimum absolute atomic E-state index is 0. The molecule has 0 saturated heterocycles. The molecule has 0 heterocycles. The molecule has 8 rings (SSSR count). The predicted molar refractivity (Wildman–Crippen MR) is 271 cm³/mol. The normalized spacial score (nSPS) is 14.3.